The third-order valence-corrected chi connectivity index (χ3v) is 8.24. The fourth-order valence-corrected chi connectivity index (χ4v) is 5.85. The topological polar surface area (TPSA) is 63.4 Å². The molecule has 1 aromatic heterocycles. The Bertz CT molecular complexity index is 1400. The van der Waals surface area contributed by atoms with Crippen molar-refractivity contribution in [3.63, 3.8) is 0 Å². The van der Waals surface area contributed by atoms with Crippen molar-refractivity contribution in [3.05, 3.63) is 95.3 Å². The number of sulfone groups is 1. The van der Waals surface area contributed by atoms with Gasteiger partial charge >= 0.3 is 0 Å². The van der Waals surface area contributed by atoms with Crippen LogP contribution in [-0.2, 0) is 16.3 Å². The summed E-state index contributed by atoms with van der Waals surface area (Å²) in [5, 5.41) is 0.303. The van der Waals surface area contributed by atoms with Crippen LogP contribution in [0.1, 0.15) is 18.4 Å². The van der Waals surface area contributed by atoms with Crippen molar-refractivity contribution in [2.45, 2.75) is 29.2 Å². The first-order chi connectivity index (χ1) is 16.9. The molecule has 2 heterocycles. The Kier molecular flexibility index (Phi) is 6.62. The van der Waals surface area contributed by atoms with Gasteiger partial charge in [0, 0.05) is 23.7 Å². The van der Waals surface area contributed by atoms with Crippen LogP contribution in [0.5, 0.6) is 0 Å². The predicted octanol–water partition coefficient (Wildman–Crippen LogP) is 6.43. The Morgan fingerprint density at radius 3 is 2.26 bits per heavy atom. The average molecular weight is 511 g/mol. The van der Waals surface area contributed by atoms with Crippen LogP contribution in [0.15, 0.2) is 93.2 Å². The van der Waals surface area contributed by atoms with Gasteiger partial charge in [-0.3, -0.25) is 0 Å². The second-order valence-corrected chi connectivity index (χ2v) is 11.0. The molecule has 0 unspecified atom stereocenters. The fraction of sp³-hybridized carbons (Fsp3) is 0.222. The Morgan fingerprint density at radius 2 is 1.60 bits per heavy atom. The second kappa shape index (κ2) is 9.84. The standard InChI is InChI=1S/C27H24ClFN2O3S/c28-22-8-12-24(13-9-22)35(32,33)26-27(34-25(30-26)21-6-10-23(29)11-7-21)31-16-14-20(15-17-31)18-19-4-2-1-3-5-19/h1-13,20H,14-18H2. The normalized spacial score (nSPS) is 14.9. The largest absolute Gasteiger partial charge is 0.419 e. The Balaban J connectivity index is 1.46. The lowest BCUT2D eigenvalue weighted by Crippen LogP contribution is -2.34. The van der Waals surface area contributed by atoms with Crippen LogP contribution in [0.25, 0.3) is 11.5 Å². The van der Waals surface area contributed by atoms with Crippen LogP contribution in [0.4, 0.5) is 10.3 Å². The molecule has 8 heteroatoms. The van der Waals surface area contributed by atoms with E-state index in [9.17, 15) is 12.8 Å². The molecular formula is C27H24ClFN2O3S. The first-order valence-corrected chi connectivity index (χ1v) is 13.3. The van der Waals surface area contributed by atoms with E-state index in [1.54, 1.807) is 0 Å². The Hall–Kier alpha value is -3.16. The van der Waals surface area contributed by atoms with Gasteiger partial charge in [-0.1, -0.05) is 41.9 Å². The van der Waals surface area contributed by atoms with E-state index in [1.165, 1.54) is 54.1 Å². The molecule has 0 amide bonds. The van der Waals surface area contributed by atoms with E-state index in [0.29, 0.717) is 29.6 Å². The third kappa shape index (κ3) is 5.11. The van der Waals surface area contributed by atoms with E-state index in [0.717, 1.165) is 19.3 Å². The molecule has 0 saturated carbocycles. The molecule has 1 fully saturated rings. The van der Waals surface area contributed by atoms with Gasteiger partial charge in [-0.15, -0.1) is 0 Å². The summed E-state index contributed by atoms with van der Waals surface area (Å²) in [6, 6.07) is 22.0. The highest BCUT2D eigenvalue weighted by atomic mass is 35.5. The summed E-state index contributed by atoms with van der Waals surface area (Å²) in [6.07, 6.45) is 2.80. The SMILES string of the molecule is O=S(=O)(c1ccc(Cl)cc1)c1nc(-c2ccc(F)cc2)oc1N1CCC(Cc2ccccc2)CC1. The predicted molar refractivity (Wildman–Crippen MR) is 134 cm³/mol. The lowest BCUT2D eigenvalue weighted by molar-refractivity contribution is 0.387. The number of hydrogen-bond acceptors (Lipinski definition) is 5. The molecule has 1 saturated heterocycles. The van der Waals surface area contributed by atoms with Gasteiger partial charge in [0.2, 0.25) is 26.6 Å². The number of aromatic nitrogens is 1. The number of nitrogens with zero attached hydrogens (tertiary/aromatic N) is 2. The van der Waals surface area contributed by atoms with Crippen molar-refractivity contribution < 1.29 is 17.2 Å². The fourth-order valence-electron chi connectivity index (χ4n) is 4.40. The smallest absolute Gasteiger partial charge is 0.236 e. The second-order valence-electron chi connectivity index (χ2n) is 8.71. The molecule has 35 heavy (non-hydrogen) atoms. The zero-order valence-corrected chi connectivity index (χ0v) is 20.5. The summed E-state index contributed by atoms with van der Waals surface area (Å²) in [7, 11) is -3.97. The number of anilines is 1. The van der Waals surface area contributed by atoms with E-state index in [4.69, 9.17) is 16.0 Å². The maximum absolute atomic E-state index is 13.6. The van der Waals surface area contributed by atoms with E-state index < -0.39 is 15.7 Å². The van der Waals surface area contributed by atoms with Crippen molar-refractivity contribution in [1.82, 2.24) is 4.98 Å². The molecule has 0 bridgehead atoms. The molecule has 0 radical (unpaired) electrons. The summed E-state index contributed by atoms with van der Waals surface area (Å²) in [5.41, 5.74) is 1.80. The Labute approximate surface area is 209 Å². The van der Waals surface area contributed by atoms with Gasteiger partial charge in [-0.2, -0.15) is 4.98 Å². The minimum Gasteiger partial charge on any atom is -0.419 e. The first kappa shape index (κ1) is 23.6. The molecule has 0 aliphatic carbocycles. The van der Waals surface area contributed by atoms with Gasteiger partial charge in [0.15, 0.2) is 0 Å². The molecule has 0 spiro atoms. The number of piperidine rings is 1. The van der Waals surface area contributed by atoms with Gasteiger partial charge in [0.25, 0.3) is 0 Å². The first-order valence-electron chi connectivity index (χ1n) is 11.5. The average Bonchev–Trinajstić information content (AvgIpc) is 3.32. The zero-order chi connectivity index (χ0) is 24.4. The number of rotatable bonds is 6. The van der Waals surface area contributed by atoms with Crippen LogP contribution in [0, 0.1) is 11.7 Å². The van der Waals surface area contributed by atoms with E-state index in [1.807, 2.05) is 23.1 Å². The van der Waals surface area contributed by atoms with E-state index >= 15 is 0 Å². The van der Waals surface area contributed by atoms with E-state index in [2.05, 4.69) is 17.1 Å². The van der Waals surface area contributed by atoms with Crippen LogP contribution in [0.2, 0.25) is 5.02 Å². The van der Waals surface area contributed by atoms with Crippen LogP contribution in [-0.4, -0.2) is 26.5 Å². The molecular weight excluding hydrogens is 487 g/mol. The molecule has 1 aliphatic rings. The van der Waals surface area contributed by atoms with Crippen molar-refractivity contribution in [1.29, 1.82) is 0 Å². The summed E-state index contributed by atoms with van der Waals surface area (Å²) < 4.78 is 46.6. The highest BCUT2D eigenvalue weighted by Gasteiger charge is 2.33. The summed E-state index contributed by atoms with van der Waals surface area (Å²) >= 11 is 5.96. The molecule has 180 valence electrons. The molecule has 4 aromatic rings. The minimum atomic E-state index is -3.97. The molecule has 5 rings (SSSR count). The summed E-state index contributed by atoms with van der Waals surface area (Å²) in [6.45, 7) is 1.30. The van der Waals surface area contributed by atoms with Gasteiger partial charge in [0.1, 0.15) is 5.82 Å². The number of oxazole rings is 1. The van der Waals surface area contributed by atoms with Gasteiger partial charge in [-0.25, -0.2) is 12.8 Å². The quantitative estimate of drug-likeness (QED) is 0.299. The van der Waals surface area contributed by atoms with Gasteiger partial charge in [-0.05, 0) is 79.3 Å². The van der Waals surface area contributed by atoms with Crippen molar-refractivity contribution in [2.24, 2.45) is 5.92 Å². The summed E-state index contributed by atoms with van der Waals surface area (Å²) in [4.78, 5) is 6.42. The lowest BCUT2D eigenvalue weighted by atomic mass is 9.90. The third-order valence-electron chi connectivity index (χ3n) is 6.32. The van der Waals surface area contributed by atoms with Crippen LogP contribution < -0.4 is 4.90 Å². The minimum absolute atomic E-state index is 0.0843. The monoisotopic (exact) mass is 510 g/mol. The van der Waals surface area contributed by atoms with Crippen molar-refractivity contribution in [3.8, 4) is 11.5 Å². The molecule has 5 nitrogen and oxygen atoms in total. The van der Waals surface area contributed by atoms with Gasteiger partial charge in [0.05, 0.1) is 4.90 Å². The number of benzene rings is 3. The number of hydrogen-bond donors (Lipinski definition) is 0. The highest BCUT2D eigenvalue weighted by molar-refractivity contribution is 7.91. The Morgan fingerprint density at radius 1 is 0.943 bits per heavy atom. The molecule has 0 N–H and O–H groups in total. The van der Waals surface area contributed by atoms with Crippen LogP contribution >= 0.6 is 11.6 Å². The summed E-state index contributed by atoms with van der Waals surface area (Å²) in [5.74, 6) is 0.468. The maximum atomic E-state index is 13.6. The van der Waals surface area contributed by atoms with Crippen molar-refractivity contribution in [2.75, 3.05) is 18.0 Å². The maximum Gasteiger partial charge on any atom is 0.236 e. The highest BCUT2D eigenvalue weighted by Crippen LogP contribution is 2.37. The molecule has 1 aliphatic heterocycles. The van der Waals surface area contributed by atoms with Gasteiger partial charge < -0.3 is 9.32 Å². The molecule has 0 atom stereocenters. The number of halogens is 2. The zero-order valence-electron chi connectivity index (χ0n) is 18.9. The van der Waals surface area contributed by atoms with Crippen molar-refractivity contribution >= 4 is 27.3 Å². The lowest BCUT2D eigenvalue weighted by Gasteiger charge is -2.32. The van der Waals surface area contributed by atoms with Crippen LogP contribution in [0.3, 0.4) is 0 Å². The molecule has 3 aromatic carbocycles. The van der Waals surface area contributed by atoms with E-state index in [-0.39, 0.29) is 21.7 Å².